The maximum absolute atomic E-state index is 14.3. The molecule has 5 nitrogen and oxygen atoms in total. The van der Waals surface area contributed by atoms with Crippen molar-refractivity contribution in [2.45, 2.75) is 57.5 Å². The molecule has 13 heteroatoms. The number of fused-ring (bicyclic) bond motifs is 1. The average molecular weight is 500 g/mol. The number of likely N-dealkylation sites (tertiary alicyclic amines) is 1. The normalized spacial score (nSPS) is 18.7. The number of hydrogen-bond donors (Lipinski definition) is 0. The van der Waals surface area contributed by atoms with E-state index in [4.69, 9.17) is 4.74 Å². The van der Waals surface area contributed by atoms with E-state index in [9.17, 15) is 44.7 Å². The van der Waals surface area contributed by atoms with Crippen LogP contribution in [0.15, 0.2) is 17.8 Å². The zero-order valence-corrected chi connectivity index (χ0v) is 18.4. The number of likely N-dealkylation sites (N-methyl/N-ethyl adjacent to an activating group) is 1. The summed E-state index contributed by atoms with van der Waals surface area (Å²) in [4.78, 5) is 25.9. The van der Waals surface area contributed by atoms with E-state index in [2.05, 4.69) is 0 Å². The Labute approximate surface area is 188 Å². The Morgan fingerprint density at radius 3 is 2.15 bits per heavy atom. The topological polar surface area (TPSA) is 49.9 Å². The predicted octanol–water partition coefficient (Wildman–Crippen LogP) is 5.13. The highest BCUT2D eigenvalue weighted by Gasteiger charge is 2.60. The lowest BCUT2D eigenvalue weighted by Crippen LogP contribution is -2.49. The second-order valence-corrected chi connectivity index (χ2v) is 8.50. The van der Waals surface area contributed by atoms with Crippen LogP contribution in [0.4, 0.5) is 35.1 Å². The van der Waals surface area contributed by atoms with E-state index in [-0.39, 0.29) is 35.7 Å². The number of amides is 2. The molecular formula is C21H20F8N2O3. The lowest BCUT2D eigenvalue weighted by atomic mass is 9.87. The Hall–Kier alpha value is -2.86. The highest BCUT2D eigenvalue weighted by Crippen LogP contribution is 2.51. The van der Waals surface area contributed by atoms with Gasteiger partial charge >= 0.3 is 24.2 Å². The lowest BCUT2D eigenvalue weighted by molar-refractivity contribution is -0.289. The molecule has 0 aromatic heterocycles. The summed E-state index contributed by atoms with van der Waals surface area (Å²) in [7, 11) is 0.769. The number of carbonyl (C=O) groups is 2. The minimum Gasteiger partial charge on any atom is -0.481 e. The smallest absolute Gasteiger partial charge is 0.471 e. The predicted molar refractivity (Wildman–Crippen MR) is 103 cm³/mol. The van der Waals surface area contributed by atoms with Crippen LogP contribution in [-0.2, 0) is 15.5 Å². The summed E-state index contributed by atoms with van der Waals surface area (Å²) in [6.45, 7) is 3.47. The second kappa shape index (κ2) is 7.84. The maximum Gasteiger partial charge on any atom is 0.471 e. The quantitative estimate of drug-likeness (QED) is 0.541. The number of hydrogen-bond acceptors (Lipinski definition) is 3. The third-order valence-electron chi connectivity index (χ3n) is 5.74. The average Bonchev–Trinajstić information content (AvgIpc) is 3.09. The van der Waals surface area contributed by atoms with Crippen molar-refractivity contribution >= 4 is 17.5 Å². The van der Waals surface area contributed by atoms with E-state index in [1.807, 2.05) is 0 Å². The van der Waals surface area contributed by atoms with Gasteiger partial charge in [0, 0.05) is 31.1 Å². The zero-order chi connectivity index (χ0) is 26.0. The molecule has 188 valence electrons. The summed E-state index contributed by atoms with van der Waals surface area (Å²) in [6.07, 6.45) is -11.1. The minimum atomic E-state index is -5.96. The van der Waals surface area contributed by atoms with Crippen molar-refractivity contribution < 1.29 is 49.4 Å². The van der Waals surface area contributed by atoms with Crippen molar-refractivity contribution in [2.24, 2.45) is 0 Å². The molecule has 2 aliphatic rings. The molecule has 1 saturated heterocycles. The minimum absolute atomic E-state index is 0.0260. The Balaban J connectivity index is 2.41. The molecule has 0 saturated carbocycles. The van der Waals surface area contributed by atoms with E-state index >= 15 is 0 Å². The molecule has 2 aliphatic heterocycles. The molecule has 0 atom stereocenters. The van der Waals surface area contributed by atoms with Gasteiger partial charge in [0.25, 0.3) is 0 Å². The third-order valence-corrected chi connectivity index (χ3v) is 5.74. The molecule has 2 heterocycles. The first-order valence-electron chi connectivity index (χ1n) is 10.0. The Bertz CT molecular complexity index is 1070. The van der Waals surface area contributed by atoms with Crippen LogP contribution in [0.3, 0.4) is 0 Å². The van der Waals surface area contributed by atoms with Crippen LogP contribution in [0.1, 0.15) is 43.4 Å². The van der Waals surface area contributed by atoms with Gasteiger partial charge in [0.05, 0.1) is 11.4 Å². The van der Waals surface area contributed by atoms with Gasteiger partial charge in [-0.1, -0.05) is 0 Å². The largest absolute Gasteiger partial charge is 0.481 e. The Morgan fingerprint density at radius 1 is 1.09 bits per heavy atom. The van der Waals surface area contributed by atoms with Crippen molar-refractivity contribution in [2.75, 3.05) is 13.6 Å². The molecule has 0 unspecified atom stereocenters. The first kappa shape index (κ1) is 25.8. The zero-order valence-electron chi connectivity index (χ0n) is 18.4. The van der Waals surface area contributed by atoms with E-state index in [0.29, 0.717) is 6.07 Å². The first-order valence-corrected chi connectivity index (χ1v) is 10.0. The van der Waals surface area contributed by atoms with Crippen LogP contribution in [-0.4, -0.2) is 53.2 Å². The highest BCUT2D eigenvalue weighted by atomic mass is 19.4. The fourth-order valence-corrected chi connectivity index (χ4v) is 4.29. The van der Waals surface area contributed by atoms with Crippen molar-refractivity contribution in [1.82, 2.24) is 9.80 Å². The monoisotopic (exact) mass is 500 g/mol. The van der Waals surface area contributed by atoms with Gasteiger partial charge in [0.1, 0.15) is 11.4 Å². The summed E-state index contributed by atoms with van der Waals surface area (Å²) < 4.78 is 113. The molecule has 0 bridgehead atoms. The Morgan fingerprint density at radius 2 is 1.68 bits per heavy atom. The van der Waals surface area contributed by atoms with Gasteiger partial charge in [0.2, 0.25) is 5.91 Å². The van der Waals surface area contributed by atoms with Gasteiger partial charge in [-0.3, -0.25) is 9.59 Å². The maximum atomic E-state index is 14.3. The van der Waals surface area contributed by atoms with E-state index in [1.54, 1.807) is 0 Å². The fraction of sp³-hybridized carbons (Fsp3) is 0.524. The molecule has 0 radical (unpaired) electrons. The standard InChI is InChI=1S/C21H20F8N2O3/c1-10-11(19(22,23)21(27,28)29)7-8-12-14(10)15(31-9-5-6-13(31)32)16(18(2,3)34-12)30(4)17(33)20(24,25)26/h7-8H,5-6,9H2,1-4H3. The number of halogens is 8. The van der Waals surface area contributed by atoms with Crippen LogP contribution < -0.4 is 4.74 Å². The SMILES string of the molecule is Cc1c(C(F)(F)C(F)(F)F)ccc2c1C(N1CCCC1=O)=C(N(C)C(=O)C(F)(F)F)C(C)(C)O2. The van der Waals surface area contributed by atoms with Gasteiger partial charge in [-0.05, 0) is 44.9 Å². The molecule has 2 amide bonds. The molecule has 1 aromatic carbocycles. The van der Waals surface area contributed by atoms with Gasteiger partial charge in [-0.15, -0.1) is 0 Å². The van der Waals surface area contributed by atoms with Gasteiger partial charge < -0.3 is 14.5 Å². The molecule has 34 heavy (non-hydrogen) atoms. The molecule has 0 spiro atoms. The molecule has 1 fully saturated rings. The highest BCUT2D eigenvalue weighted by molar-refractivity contribution is 5.94. The molecule has 0 N–H and O–H groups in total. The lowest BCUT2D eigenvalue weighted by Gasteiger charge is -2.43. The number of alkyl halides is 8. The summed E-state index contributed by atoms with van der Waals surface area (Å²) >= 11 is 0. The van der Waals surface area contributed by atoms with Crippen LogP contribution in [0, 0.1) is 6.92 Å². The van der Waals surface area contributed by atoms with Crippen molar-refractivity contribution in [3.05, 3.63) is 34.5 Å². The summed E-state index contributed by atoms with van der Waals surface area (Å²) in [5, 5.41) is 0. The van der Waals surface area contributed by atoms with Gasteiger partial charge in [-0.25, -0.2) is 0 Å². The molecule has 0 aliphatic carbocycles. The van der Waals surface area contributed by atoms with Crippen molar-refractivity contribution in [1.29, 1.82) is 0 Å². The van der Waals surface area contributed by atoms with Crippen LogP contribution in [0.2, 0.25) is 0 Å². The number of ether oxygens (including phenoxy) is 1. The molecule has 3 rings (SSSR count). The summed E-state index contributed by atoms with van der Waals surface area (Å²) in [6, 6.07) is 1.37. The number of carbonyl (C=O) groups excluding carboxylic acids is 2. The van der Waals surface area contributed by atoms with E-state index in [1.165, 1.54) is 13.8 Å². The van der Waals surface area contributed by atoms with E-state index in [0.717, 1.165) is 24.9 Å². The van der Waals surface area contributed by atoms with Crippen LogP contribution in [0.25, 0.3) is 5.70 Å². The van der Waals surface area contributed by atoms with Gasteiger partial charge in [-0.2, -0.15) is 35.1 Å². The van der Waals surface area contributed by atoms with Gasteiger partial charge in [0.15, 0.2) is 0 Å². The Kier molecular flexibility index (Phi) is 5.94. The number of benzene rings is 1. The van der Waals surface area contributed by atoms with Crippen molar-refractivity contribution in [3.8, 4) is 5.75 Å². The summed E-state index contributed by atoms with van der Waals surface area (Å²) in [5.74, 6) is -8.43. The summed E-state index contributed by atoms with van der Waals surface area (Å²) in [5.41, 5.74) is -5.06. The van der Waals surface area contributed by atoms with Crippen molar-refractivity contribution in [3.63, 3.8) is 0 Å². The first-order chi connectivity index (χ1) is 15.3. The van der Waals surface area contributed by atoms with E-state index < -0.39 is 58.1 Å². The van der Waals surface area contributed by atoms with Crippen LogP contribution >= 0.6 is 0 Å². The second-order valence-electron chi connectivity index (χ2n) is 8.50. The fourth-order valence-electron chi connectivity index (χ4n) is 4.29. The van der Waals surface area contributed by atoms with Crippen LogP contribution in [0.5, 0.6) is 5.75 Å². The number of rotatable bonds is 3. The third kappa shape index (κ3) is 3.98. The molecular weight excluding hydrogens is 480 g/mol. The number of nitrogens with zero attached hydrogens (tertiary/aromatic N) is 2. The molecule has 1 aromatic rings.